The number of hydrogen-bond acceptors (Lipinski definition) is 3. The molecule has 0 atom stereocenters. The quantitative estimate of drug-likeness (QED) is 0.925. The van der Waals surface area contributed by atoms with Crippen molar-refractivity contribution in [2.45, 2.75) is 19.5 Å². The zero-order valence-electron chi connectivity index (χ0n) is 9.91. The molecular weight excluding hydrogens is 310 g/mol. The molecule has 0 aliphatic carbocycles. The van der Waals surface area contributed by atoms with Crippen molar-refractivity contribution in [1.29, 1.82) is 0 Å². The number of nitrogens with one attached hydrogen (secondary N) is 1. The molecule has 0 bridgehead atoms. The minimum absolute atomic E-state index is 0.829. The Morgan fingerprint density at radius 1 is 1.22 bits per heavy atom. The Hall–Kier alpha value is -0.840. The Labute approximate surface area is 119 Å². The number of rotatable bonds is 4. The van der Waals surface area contributed by atoms with Gasteiger partial charge in [0.25, 0.3) is 0 Å². The maximum atomic E-state index is 5.51. The number of hydrogen-bond donors (Lipinski definition) is 1. The van der Waals surface area contributed by atoms with E-state index in [0.29, 0.717) is 0 Å². The summed E-state index contributed by atoms with van der Waals surface area (Å²) in [7, 11) is 0. The largest absolute Gasteiger partial charge is 0.493 e. The van der Waals surface area contributed by atoms with E-state index in [0.717, 1.165) is 31.9 Å². The van der Waals surface area contributed by atoms with Gasteiger partial charge in [-0.25, -0.2) is 0 Å². The summed E-state index contributed by atoms with van der Waals surface area (Å²) in [6, 6.07) is 10.7. The molecule has 0 radical (unpaired) electrons. The third-order valence-corrected chi connectivity index (χ3v) is 4.63. The lowest BCUT2D eigenvalue weighted by Gasteiger charge is -2.05. The summed E-state index contributed by atoms with van der Waals surface area (Å²) in [5.41, 5.74) is 2.67. The molecule has 3 rings (SSSR count). The maximum absolute atomic E-state index is 5.51. The van der Waals surface area contributed by atoms with Gasteiger partial charge in [-0.1, -0.05) is 12.1 Å². The highest BCUT2D eigenvalue weighted by Crippen LogP contribution is 2.26. The molecule has 1 aromatic carbocycles. The molecule has 1 aromatic heterocycles. The lowest BCUT2D eigenvalue weighted by Crippen LogP contribution is -2.11. The van der Waals surface area contributed by atoms with Gasteiger partial charge in [-0.2, -0.15) is 0 Å². The Balaban J connectivity index is 1.57. The zero-order valence-corrected chi connectivity index (χ0v) is 12.3. The number of ether oxygens (including phenoxy) is 1. The van der Waals surface area contributed by atoms with Crippen LogP contribution in [0.3, 0.4) is 0 Å². The molecule has 0 saturated heterocycles. The van der Waals surface area contributed by atoms with Gasteiger partial charge in [-0.3, -0.25) is 0 Å². The number of halogens is 1. The lowest BCUT2D eigenvalue weighted by atomic mass is 10.1. The first-order valence-electron chi connectivity index (χ1n) is 6.01. The molecular formula is C14H14BrNOS. The first kappa shape index (κ1) is 12.2. The van der Waals surface area contributed by atoms with Crippen LogP contribution < -0.4 is 10.1 Å². The maximum Gasteiger partial charge on any atom is 0.122 e. The summed E-state index contributed by atoms with van der Waals surface area (Å²) in [6.45, 7) is 2.65. The van der Waals surface area contributed by atoms with Crippen LogP contribution >= 0.6 is 27.3 Å². The Morgan fingerprint density at radius 2 is 2.17 bits per heavy atom. The van der Waals surface area contributed by atoms with Crippen LogP contribution in [0.25, 0.3) is 0 Å². The highest BCUT2D eigenvalue weighted by molar-refractivity contribution is 9.11. The van der Waals surface area contributed by atoms with Gasteiger partial charge in [0.15, 0.2) is 0 Å². The predicted molar refractivity (Wildman–Crippen MR) is 78.2 cm³/mol. The molecule has 1 aliphatic heterocycles. The van der Waals surface area contributed by atoms with Crippen LogP contribution in [-0.4, -0.2) is 6.61 Å². The first-order valence-corrected chi connectivity index (χ1v) is 7.62. The summed E-state index contributed by atoms with van der Waals surface area (Å²) in [4.78, 5) is 1.35. The Kier molecular flexibility index (Phi) is 3.68. The van der Waals surface area contributed by atoms with Crippen LogP contribution in [0.5, 0.6) is 5.75 Å². The smallest absolute Gasteiger partial charge is 0.122 e. The molecule has 0 unspecified atom stereocenters. The van der Waals surface area contributed by atoms with Crippen LogP contribution in [0.1, 0.15) is 16.0 Å². The van der Waals surface area contributed by atoms with Crippen molar-refractivity contribution in [3.8, 4) is 5.75 Å². The third-order valence-electron chi connectivity index (χ3n) is 3.01. The normalized spacial score (nSPS) is 13.4. The van der Waals surface area contributed by atoms with E-state index in [4.69, 9.17) is 4.74 Å². The molecule has 1 N–H and O–H groups in total. The average molecular weight is 324 g/mol. The molecule has 2 aromatic rings. The van der Waals surface area contributed by atoms with Gasteiger partial charge in [-0.05, 0) is 45.3 Å². The zero-order chi connectivity index (χ0) is 12.4. The topological polar surface area (TPSA) is 21.3 Å². The minimum atomic E-state index is 0.829. The van der Waals surface area contributed by atoms with Crippen molar-refractivity contribution in [2.75, 3.05) is 6.61 Å². The number of thiophene rings is 1. The molecule has 0 saturated carbocycles. The standard InChI is InChI=1S/C14H14BrNOS/c15-14-4-2-12(18-14)9-16-8-10-1-3-13-11(7-10)5-6-17-13/h1-4,7,16H,5-6,8-9H2. The van der Waals surface area contributed by atoms with Crippen LogP contribution in [0.4, 0.5) is 0 Å². The van der Waals surface area contributed by atoms with E-state index in [9.17, 15) is 0 Å². The lowest BCUT2D eigenvalue weighted by molar-refractivity contribution is 0.357. The van der Waals surface area contributed by atoms with Gasteiger partial charge >= 0.3 is 0 Å². The molecule has 2 heterocycles. The fraction of sp³-hybridized carbons (Fsp3) is 0.286. The number of fused-ring (bicyclic) bond motifs is 1. The number of benzene rings is 1. The second kappa shape index (κ2) is 5.43. The molecule has 94 valence electrons. The van der Waals surface area contributed by atoms with Crippen molar-refractivity contribution in [2.24, 2.45) is 0 Å². The highest BCUT2D eigenvalue weighted by Gasteiger charge is 2.11. The summed E-state index contributed by atoms with van der Waals surface area (Å²) in [6.07, 6.45) is 1.04. The third kappa shape index (κ3) is 2.76. The second-order valence-corrected chi connectivity index (χ2v) is 6.90. The van der Waals surface area contributed by atoms with Gasteiger partial charge in [0.05, 0.1) is 10.4 Å². The van der Waals surface area contributed by atoms with Gasteiger partial charge < -0.3 is 10.1 Å². The van der Waals surface area contributed by atoms with Crippen LogP contribution in [0.2, 0.25) is 0 Å². The highest BCUT2D eigenvalue weighted by atomic mass is 79.9. The molecule has 2 nitrogen and oxygen atoms in total. The molecule has 18 heavy (non-hydrogen) atoms. The monoisotopic (exact) mass is 323 g/mol. The van der Waals surface area contributed by atoms with E-state index in [1.165, 1.54) is 19.8 Å². The second-order valence-electron chi connectivity index (χ2n) is 4.35. The van der Waals surface area contributed by atoms with Gasteiger partial charge in [0.2, 0.25) is 0 Å². The van der Waals surface area contributed by atoms with Gasteiger partial charge in [0, 0.05) is 24.4 Å². The van der Waals surface area contributed by atoms with Gasteiger partial charge in [0.1, 0.15) is 5.75 Å². The van der Waals surface area contributed by atoms with E-state index in [1.807, 2.05) is 0 Å². The molecule has 0 amide bonds. The summed E-state index contributed by atoms with van der Waals surface area (Å²) in [5.74, 6) is 1.06. The average Bonchev–Trinajstić information content (AvgIpc) is 2.97. The van der Waals surface area contributed by atoms with E-state index >= 15 is 0 Å². The van der Waals surface area contributed by atoms with Crippen molar-refractivity contribution in [3.05, 3.63) is 50.1 Å². The molecule has 0 fully saturated rings. The molecule has 4 heteroatoms. The van der Waals surface area contributed by atoms with E-state index in [-0.39, 0.29) is 0 Å². The van der Waals surface area contributed by atoms with Gasteiger partial charge in [-0.15, -0.1) is 11.3 Å². The fourth-order valence-corrected chi connectivity index (χ4v) is 3.58. The van der Waals surface area contributed by atoms with Crippen molar-refractivity contribution >= 4 is 27.3 Å². The van der Waals surface area contributed by atoms with Crippen LogP contribution in [0, 0.1) is 0 Å². The SMILES string of the molecule is Brc1ccc(CNCc2ccc3c(c2)CCO3)s1. The van der Waals surface area contributed by atoms with E-state index in [1.54, 1.807) is 11.3 Å². The van der Waals surface area contributed by atoms with Crippen LogP contribution in [-0.2, 0) is 19.5 Å². The molecule has 1 aliphatic rings. The Morgan fingerprint density at radius 3 is 3.00 bits per heavy atom. The summed E-state index contributed by atoms with van der Waals surface area (Å²) >= 11 is 5.26. The van der Waals surface area contributed by atoms with Crippen molar-refractivity contribution in [1.82, 2.24) is 5.32 Å². The molecule has 0 spiro atoms. The predicted octanol–water partition coefficient (Wildman–Crippen LogP) is 3.74. The summed E-state index contributed by atoms with van der Waals surface area (Å²) < 4.78 is 6.69. The minimum Gasteiger partial charge on any atom is -0.493 e. The van der Waals surface area contributed by atoms with Crippen molar-refractivity contribution < 1.29 is 4.74 Å². The van der Waals surface area contributed by atoms with Crippen molar-refractivity contribution in [3.63, 3.8) is 0 Å². The van der Waals surface area contributed by atoms with E-state index in [2.05, 4.69) is 51.6 Å². The summed E-state index contributed by atoms with van der Waals surface area (Å²) in [5, 5.41) is 3.47. The van der Waals surface area contributed by atoms with Crippen LogP contribution in [0.15, 0.2) is 34.1 Å². The Bertz CT molecular complexity index is 552. The van der Waals surface area contributed by atoms with E-state index < -0.39 is 0 Å². The first-order chi connectivity index (χ1) is 8.81. The fourth-order valence-electron chi connectivity index (χ4n) is 2.13.